The highest BCUT2D eigenvalue weighted by atomic mass is 32.1. The van der Waals surface area contributed by atoms with E-state index in [0.29, 0.717) is 12.8 Å². The third-order valence-corrected chi connectivity index (χ3v) is 4.72. The van der Waals surface area contributed by atoms with Gasteiger partial charge in [-0.2, -0.15) is 0 Å². The third-order valence-electron chi connectivity index (χ3n) is 3.87. The van der Waals surface area contributed by atoms with E-state index in [1.54, 1.807) is 11.3 Å². The summed E-state index contributed by atoms with van der Waals surface area (Å²) in [5, 5.41) is 2.90. The number of hydrogen-bond donors (Lipinski definition) is 1. The average molecular weight is 286 g/mol. The van der Waals surface area contributed by atoms with E-state index in [1.807, 2.05) is 35.7 Å². The second-order valence-corrected chi connectivity index (χ2v) is 6.54. The quantitative estimate of drug-likeness (QED) is 0.918. The van der Waals surface area contributed by atoms with E-state index in [9.17, 15) is 4.79 Å². The molecule has 20 heavy (non-hydrogen) atoms. The molecule has 1 heterocycles. The number of nitrogens with two attached hydrogens (primary N) is 1. The number of carbonyl (C=O) groups excluding carboxylic acids is 1. The van der Waals surface area contributed by atoms with Crippen molar-refractivity contribution < 1.29 is 4.79 Å². The smallest absolute Gasteiger partial charge is 0.141 e. The van der Waals surface area contributed by atoms with Crippen molar-refractivity contribution in [3.05, 3.63) is 40.7 Å². The van der Waals surface area contributed by atoms with Gasteiger partial charge in [-0.15, -0.1) is 11.3 Å². The molecule has 2 N–H and O–H groups in total. The molecule has 1 aliphatic rings. The van der Waals surface area contributed by atoms with Crippen LogP contribution < -0.4 is 5.73 Å². The molecule has 0 spiro atoms. The first kappa shape index (κ1) is 13.5. The van der Waals surface area contributed by atoms with E-state index >= 15 is 0 Å². The zero-order valence-corrected chi connectivity index (χ0v) is 12.2. The topological polar surface area (TPSA) is 56.0 Å². The largest absolute Gasteiger partial charge is 0.325 e. The van der Waals surface area contributed by atoms with Crippen LogP contribution in [-0.4, -0.2) is 16.3 Å². The van der Waals surface area contributed by atoms with Gasteiger partial charge in [0.15, 0.2) is 0 Å². The summed E-state index contributed by atoms with van der Waals surface area (Å²) in [6, 6.07) is 10.0. The molecule has 0 aliphatic heterocycles. The van der Waals surface area contributed by atoms with Crippen molar-refractivity contribution in [3.8, 4) is 11.3 Å². The maximum atomic E-state index is 12.1. The lowest BCUT2D eigenvalue weighted by Gasteiger charge is -2.37. The van der Waals surface area contributed by atoms with Crippen molar-refractivity contribution in [2.24, 2.45) is 5.73 Å². The molecule has 1 aliphatic carbocycles. The molecule has 0 unspecified atom stereocenters. The summed E-state index contributed by atoms with van der Waals surface area (Å²) in [6.45, 7) is 0. The van der Waals surface area contributed by atoms with Crippen molar-refractivity contribution in [3.63, 3.8) is 0 Å². The van der Waals surface area contributed by atoms with Crippen molar-refractivity contribution in [2.75, 3.05) is 0 Å². The van der Waals surface area contributed by atoms with Crippen LogP contribution in [-0.2, 0) is 11.2 Å². The molecular formula is C16H18N2OS. The van der Waals surface area contributed by atoms with Crippen LogP contribution in [0.15, 0.2) is 35.7 Å². The van der Waals surface area contributed by atoms with Gasteiger partial charge in [0.1, 0.15) is 10.8 Å². The number of rotatable bonds is 5. The summed E-state index contributed by atoms with van der Waals surface area (Å²) in [7, 11) is 0. The molecule has 0 radical (unpaired) electrons. The van der Waals surface area contributed by atoms with Gasteiger partial charge in [-0.05, 0) is 19.3 Å². The molecule has 1 aromatic heterocycles. The van der Waals surface area contributed by atoms with Gasteiger partial charge in [0, 0.05) is 22.9 Å². The molecule has 4 heteroatoms. The Morgan fingerprint density at radius 2 is 2.05 bits per heavy atom. The summed E-state index contributed by atoms with van der Waals surface area (Å²) >= 11 is 1.55. The van der Waals surface area contributed by atoms with Crippen molar-refractivity contribution >= 4 is 17.1 Å². The van der Waals surface area contributed by atoms with Crippen LogP contribution in [0.1, 0.15) is 30.7 Å². The van der Waals surface area contributed by atoms with Gasteiger partial charge in [-0.3, -0.25) is 4.79 Å². The highest BCUT2D eigenvalue weighted by Crippen LogP contribution is 2.32. The maximum Gasteiger partial charge on any atom is 0.141 e. The van der Waals surface area contributed by atoms with Crippen LogP contribution in [0.4, 0.5) is 0 Å². The van der Waals surface area contributed by atoms with Crippen molar-refractivity contribution in [1.82, 2.24) is 4.98 Å². The minimum Gasteiger partial charge on any atom is -0.325 e. The zero-order chi connectivity index (χ0) is 14.0. The van der Waals surface area contributed by atoms with Gasteiger partial charge in [-0.1, -0.05) is 30.3 Å². The fourth-order valence-corrected chi connectivity index (χ4v) is 3.40. The number of thiazole rings is 1. The molecule has 3 nitrogen and oxygen atoms in total. The number of carbonyl (C=O) groups is 1. The van der Waals surface area contributed by atoms with E-state index in [4.69, 9.17) is 5.73 Å². The lowest BCUT2D eigenvalue weighted by Crippen LogP contribution is -2.48. The second kappa shape index (κ2) is 5.46. The molecule has 1 fully saturated rings. The molecule has 0 bridgehead atoms. The molecule has 3 rings (SSSR count). The first-order chi connectivity index (χ1) is 9.65. The van der Waals surface area contributed by atoms with Gasteiger partial charge in [-0.25, -0.2) is 4.98 Å². The highest BCUT2D eigenvalue weighted by Gasteiger charge is 2.34. The average Bonchev–Trinajstić information content (AvgIpc) is 2.86. The molecule has 0 atom stereocenters. The lowest BCUT2D eigenvalue weighted by atomic mass is 9.74. The minimum atomic E-state index is -0.226. The first-order valence-corrected chi connectivity index (χ1v) is 7.83. The normalized spacial score (nSPS) is 16.6. The number of benzene rings is 1. The summed E-state index contributed by atoms with van der Waals surface area (Å²) in [5.41, 5.74) is 7.93. The Morgan fingerprint density at radius 3 is 2.70 bits per heavy atom. The van der Waals surface area contributed by atoms with E-state index in [1.165, 1.54) is 0 Å². The van der Waals surface area contributed by atoms with Crippen LogP contribution >= 0.6 is 11.3 Å². The standard InChI is InChI=1S/C16H18N2OS/c17-16(7-4-8-16)10-13(19)9-15-18-14(11-20-15)12-5-2-1-3-6-12/h1-3,5-6,11H,4,7-10,17H2. The molecule has 0 saturated heterocycles. The van der Waals surface area contributed by atoms with E-state index in [2.05, 4.69) is 4.98 Å². The number of nitrogens with zero attached hydrogens (tertiary/aromatic N) is 1. The van der Waals surface area contributed by atoms with Gasteiger partial charge in [0.05, 0.1) is 12.1 Å². The lowest BCUT2D eigenvalue weighted by molar-refractivity contribution is -0.120. The Balaban J connectivity index is 1.64. The van der Waals surface area contributed by atoms with Gasteiger partial charge in [0.2, 0.25) is 0 Å². The SMILES string of the molecule is NC1(CC(=O)Cc2nc(-c3ccccc3)cs2)CCC1. The molecular weight excluding hydrogens is 268 g/mol. The molecule has 1 saturated carbocycles. The maximum absolute atomic E-state index is 12.1. The Kier molecular flexibility index (Phi) is 3.68. The summed E-state index contributed by atoms with van der Waals surface area (Å²) < 4.78 is 0. The second-order valence-electron chi connectivity index (χ2n) is 5.60. The van der Waals surface area contributed by atoms with Gasteiger partial charge in [0.25, 0.3) is 0 Å². The van der Waals surface area contributed by atoms with Crippen LogP contribution in [0.25, 0.3) is 11.3 Å². The van der Waals surface area contributed by atoms with Crippen molar-refractivity contribution in [1.29, 1.82) is 0 Å². The zero-order valence-electron chi connectivity index (χ0n) is 11.3. The van der Waals surface area contributed by atoms with Crippen LogP contribution in [0.5, 0.6) is 0 Å². The predicted octanol–water partition coefficient (Wildman–Crippen LogP) is 3.19. The van der Waals surface area contributed by atoms with E-state index in [0.717, 1.165) is 35.5 Å². The Labute approximate surface area is 122 Å². The minimum absolute atomic E-state index is 0.209. The van der Waals surface area contributed by atoms with Gasteiger partial charge >= 0.3 is 0 Å². The Morgan fingerprint density at radius 1 is 1.30 bits per heavy atom. The summed E-state index contributed by atoms with van der Waals surface area (Å²) in [5.74, 6) is 0.209. The third kappa shape index (κ3) is 2.97. The molecule has 1 aromatic carbocycles. The number of aromatic nitrogens is 1. The van der Waals surface area contributed by atoms with Crippen LogP contribution in [0.2, 0.25) is 0 Å². The Hall–Kier alpha value is -1.52. The first-order valence-electron chi connectivity index (χ1n) is 6.95. The fraction of sp³-hybridized carbons (Fsp3) is 0.375. The van der Waals surface area contributed by atoms with Gasteiger partial charge < -0.3 is 5.73 Å². The molecule has 2 aromatic rings. The monoisotopic (exact) mass is 286 g/mol. The Bertz CT molecular complexity index is 602. The molecule has 104 valence electrons. The number of hydrogen-bond acceptors (Lipinski definition) is 4. The fourth-order valence-electron chi connectivity index (χ4n) is 2.57. The number of Topliss-reactive ketones (excluding diaryl/α,β-unsaturated/α-hetero) is 1. The highest BCUT2D eigenvalue weighted by molar-refractivity contribution is 7.10. The summed E-state index contributed by atoms with van der Waals surface area (Å²) in [4.78, 5) is 16.6. The number of ketones is 1. The van der Waals surface area contributed by atoms with Crippen LogP contribution in [0, 0.1) is 0 Å². The van der Waals surface area contributed by atoms with Crippen LogP contribution in [0.3, 0.4) is 0 Å². The summed E-state index contributed by atoms with van der Waals surface area (Å²) in [6.07, 6.45) is 4.01. The predicted molar refractivity (Wildman–Crippen MR) is 81.6 cm³/mol. The van der Waals surface area contributed by atoms with E-state index < -0.39 is 0 Å². The van der Waals surface area contributed by atoms with Crippen molar-refractivity contribution in [2.45, 2.75) is 37.6 Å². The van der Waals surface area contributed by atoms with E-state index in [-0.39, 0.29) is 11.3 Å². The molecule has 0 amide bonds.